The van der Waals surface area contributed by atoms with Gasteiger partial charge in [0.2, 0.25) is 0 Å². The first-order chi connectivity index (χ1) is 10.3. The van der Waals surface area contributed by atoms with Crippen molar-refractivity contribution < 1.29 is 0 Å². The van der Waals surface area contributed by atoms with Crippen molar-refractivity contribution in [1.82, 2.24) is 10.6 Å². The summed E-state index contributed by atoms with van der Waals surface area (Å²) in [6.07, 6.45) is 18.1. The van der Waals surface area contributed by atoms with Crippen LogP contribution in [0.4, 0.5) is 0 Å². The number of hydrogen-bond donors (Lipinski definition) is 2. The summed E-state index contributed by atoms with van der Waals surface area (Å²) >= 11 is 0. The molecule has 0 aromatic rings. The number of nitrogens with one attached hydrogen (secondary N) is 2. The average molecular weight is 285 g/mol. The van der Waals surface area contributed by atoms with Crippen LogP contribution in [0.2, 0.25) is 0 Å². The van der Waals surface area contributed by atoms with Gasteiger partial charge in [0, 0.05) is 6.21 Å². The van der Waals surface area contributed by atoms with Crippen LogP contribution in [0.5, 0.6) is 0 Å². The van der Waals surface area contributed by atoms with Crippen LogP contribution < -0.4 is 10.6 Å². The summed E-state index contributed by atoms with van der Waals surface area (Å²) < 4.78 is 0. The van der Waals surface area contributed by atoms with Gasteiger partial charge < -0.3 is 10.6 Å². The molecule has 3 heteroatoms. The lowest BCUT2D eigenvalue weighted by Crippen LogP contribution is -2.44. The first-order valence-corrected chi connectivity index (χ1v) is 7.64. The van der Waals surface area contributed by atoms with E-state index in [1.54, 1.807) is 0 Å². The van der Waals surface area contributed by atoms with E-state index in [2.05, 4.69) is 60.4 Å². The van der Waals surface area contributed by atoms with Gasteiger partial charge in [-0.2, -0.15) is 0 Å². The first kappa shape index (κ1) is 17.0. The molecule has 21 heavy (non-hydrogen) atoms. The van der Waals surface area contributed by atoms with E-state index in [4.69, 9.17) is 0 Å². The van der Waals surface area contributed by atoms with Crippen molar-refractivity contribution in [2.24, 2.45) is 4.99 Å². The van der Waals surface area contributed by atoms with Gasteiger partial charge >= 0.3 is 0 Å². The summed E-state index contributed by atoms with van der Waals surface area (Å²) in [4.78, 5) is 4.48. The highest BCUT2D eigenvalue weighted by Crippen LogP contribution is 2.14. The molecule has 0 fully saturated rings. The maximum absolute atomic E-state index is 4.48. The second-order valence-electron chi connectivity index (χ2n) is 4.75. The van der Waals surface area contributed by atoms with Gasteiger partial charge in [-0.05, 0) is 32.0 Å². The lowest BCUT2D eigenvalue weighted by molar-refractivity contribution is 0.549. The molecule has 2 N–H and O–H groups in total. The number of hydrogen-bond acceptors (Lipinski definition) is 3. The molecule has 1 aliphatic heterocycles. The maximum Gasteiger partial charge on any atom is 0.0813 e. The predicted molar refractivity (Wildman–Crippen MR) is 93.2 cm³/mol. The van der Waals surface area contributed by atoms with E-state index in [-0.39, 0.29) is 12.1 Å². The minimum Gasteiger partial charge on any atom is -0.382 e. The smallest absolute Gasteiger partial charge is 0.0813 e. The Labute approximate surface area is 128 Å². The fourth-order valence-corrected chi connectivity index (χ4v) is 2.17. The molecule has 0 aromatic carbocycles. The standard InChI is InChI=1S/C18H27N3/c1-5-11-16(19-8-4)18(12-6-2)21-15(7-3)17-13-9-10-14-20-17/h7-15,17,20-21H,3,5-6H2,1-2,4H3/b16-11-,18-12-,19-8?. The van der Waals surface area contributed by atoms with Gasteiger partial charge in [0.05, 0.1) is 23.5 Å². The van der Waals surface area contributed by atoms with E-state index in [0.29, 0.717) is 0 Å². The third-order valence-corrected chi connectivity index (χ3v) is 3.13. The monoisotopic (exact) mass is 285 g/mol. The summed E-state index contributed by atoms with van der Waals surface area (Å²) in [5.74, 6) is 0. The van der Waals surface area contributed by atoms with Gasteiger partial charge in [-0.25, -0.2) is 0 Å². The summed E-state index contributed by atoms with van der Waals surface area (Å²) in [7, 11) is 0. The maximum atomic E-state index is 4.48. The van der Waals surface area contributed by atoms with Crippen molar-refractivity contribution >= 4 is 6.21 Å². The Bertz CT molecular complexity index is 467. The van der Waals surface area contributed by atoms with E-state index in [1.807, 2.05) is 31.5 Å². The fraction of sp³-hybridized carbons (Fsp3) is 0.389. The summed E-state index contributed by atoms with van der Waals surface area (Å²) in [6, 6.07) is 0.303. The van der Waals surface area contributed by atoms with E-state index >= 15 is 0 Å². The minimum atomic E-state index is 0.108. The van der Waals surface area contributed by atoms with Gasteiger partial charge in [0.15, 0.2) is 0 Å². The molecule has 1 rings (SSSR count). The van der Waals surface area contributed by atoms with Crippen molar-refractivity contribution in [2.45, 2.75) is 45.7 Å². The van der Waals surface area contributed by atoms with Crippen molar-refractivity contribution in [2.75, 3.05) is 0 Å². The van der Waals surface area contributed by atoms with E-state index < -0.39 is 0 Å². The number of aliphatic imine (C=N–C) groups is 1. The van der Waals surface area contributed by atoms with Crippen LogP contribution in [0.1, 0.15) is 33.6 Å². The molecule has 0 amide bonds. The van der Waals surface area contributed by atoms with Crippen LogP contribution in [0.3, 0.4) is 0 Å². The van der Waals surface area contributed by atoms with Crippen LogP contribution in [-0.4, -0.2) is 18.3 Å². The van der Waals surface area contributed by atoms with Crippen molar-refractivity contribution in [3.63, 3.8) is 0 Å². The molecular formula is C18H27N3. The lowest BCUT2D eigenvalue weighted by atomic mass is 10.1. The molecule has 2 atom stereocenters. The topological polar surface area (TPSA) is 36.4 Å². The second-order valence-corrected chi connectivity index (χ2v) is 4.75. The fourth-order valence-electron chi connectivity index (χ4n) is 2.17. The third-order valence-electron chi connectivity index (χ3n) is 3.13. The SMILES string of the molecule is C=CC(NC(=C\CC)/C(=C/CC)N=CC)C1C=CC=CN1. The molecule has 1 aliphatic rings. The number of nitrogens with zero attached hydrogens (tertiary/aromatic N) is 1. The Hall–Kier alpha value is -2.03. The molecule has 114 valence electrons. The largest absolute Gasteiger partial charge is 0.382 e. The van der Waals surface area contributed by atoms with Crippen molar-refractivity contribution in [3.8, 4) is 0 Å². The van der Waals surface area contributed by atoms with Crippen molar-refractivity contribution in [1.29, 1.82) is 0 Å². The van der Waals surface area contributed by atoms with Gasteiger partial charge in [-0.1, -0.05) is 44.2 Å². The average Bonchev–Trinajstić information content (AvgIpc) is 2.52. The van der Waals surface area contributed by atoms with Gasteiger partial charge in [0.25, 0.3) is 0 Å². The molecular weight excluding hydrogens is 258 g/mol. The molecule has 1 heterocycles. The zero-order chi connectivity index (χ0) is 15.5. The Kier molecular flexibility index (Phi) is 7.95. The zero-order valence-electron chi connectivity index (χ0n) is 13.3. The predicted octanol–water partition coefficient (Wildman–Crippen LogP) is 3.85. The highest BCUT2D eigenvalue weighted by Gasteiger charge is 2.17. The van der Waals surface area contributed by atoms with Crippen LogP contribution >= 0.6 is 0 Å². The van der Waals surface area contributed by atoms with E-state index in [0.717, 1.165) is 24.2 Å². The number of dihydropyridines is 1. The second kappa shape index (κ2) is 9.81. The minimum absolute atomic E-state index is 0.108. The van der Waals surface area contributed by atoms with Crippen LogP contribution in [0, 0.1) is 0 Å². The molecule has 0 bridgehead atoms. The van der Waals surface area contributed by atoms with Gasteiger partial charge in [-0.3, -0.25) is 4.99 Å². The molecule has 0 aromatic heterocycles. The Morgan fingerprint density at radius 2 is 2.10 bits per heavy atom. The van der Waals surface area contributed by atoms with Gasteiger partial charge in [0.1, 0.15) is 0 Å². The normalized spacial score (nSPS) is 20.4. The third kappa shape index (κ3) is 5.46. The Balaban J connectivity index is 2.92. The Morgan fingerprint density at radius 1 is 1.33 bits per heavy atom. The van der Waals surface area contributed by atoms with Gasteiger partial charge in [-0.15, -0.1) is 6.58 Å². The Morgan fingerprint density at radius 3 is 2.62 bits per heavy atom. The number of rotatable bonds is 8. The molecule has 2 unspecified atom stereocenters. The molecule has 3 nitrogen and oxygen atoms in total. The summed E-state index contributed by atoms with van der Waals surface area (Å²) in [5.41, 5.74) is 2.05. The molecule has 0 radical (unpaired) electrons. The van der Waals surface area contributed by atoms with Crippen molar-refractivity contribution in [3.05, 3.63) is 60.6 Å². The van der Waals surface area contributed by atoms with Crippen LogP contribution in [-0.2, 0) is 0 Å². The van der Waals surface area contributed by atoms with Crippen LogP contribution in [0.25, 0.3) is 0 Å². The molecule has 0 saturated heterocycles. The zero-order valence-corrected chi connectivity index (χ0v) is 13.3. The molecule has 0 saturated carbocycles. The van der Waals surface area contributed by atoms with E-state index in [1.165, 1.54) is 0 Å². The lowest BCUT2D eigenvalue weighted by Gasteiger charge is -2.27. The van der Waals surface area contributed by atoms with E-state index in [9.17, 15) is 0 Å². The van der Waals surface area contributed by atoms with Crippen LogP contribution in [0.15, 0.2) is 65.6 Å². The highest BCUT2D eigenvalue weighted by molar-refractivity contribution is 5.57. The first-order valence-electron chi connectivity index (χ1n) is 7.64. The highest BCUT2D eigenvalue weighted by atomic mass is 15.0. The summed E-state index contributed by atoms with van der Waals surface area (Å²) in [6.45, 7) is 10.1. The number of allylic oxidation sites excluding steroid dienone is 4. The molecule has 0 aliphatic carbocycles. The molecule has 0 spiro atoms. The quantitative estimate of drug-likeness (QED) is 0.404. The summed E-state index contributed by atoms with van der Waals surface area (Å²) in [5, 5.41) is 6.89.